The molecule has 4 nitrogen and oxygen atoms in total. The van der Waals surface area contributed by atoms with Crippen LogP contribution in [0.3, 0.4) is 0 Å². The van der Waals surface area contributed by atoms with E-state index < -0.39 is 11.7 Å². The molecule has 0 saturated carbocycles. The van der Waals surface area contributed by atoms with E-state index in [9.17, 15) is 18.0 Å². The van der Waals surface area contributed by atoms with Gasteiger partial charge in [-0.05, 0) is 60.9 Å². The lowest BCUT2D eigenvalue weighted by atomic mass is 9.79. The number of hydrogen-bond acceptors (Lipinski definition) is 3. The molecule has 3 atom stereocenters. The maximum Gasteiger partial charge on any atom is 0.416 e. The van der Waals surface area contributed by atoms with Gasteiger partial charge in [0, 0.05) is 38.6 Å². The summed E-state index contributed by atoms with van der Waals surface area (Å²) in [4.78, 5) is 14.8. The summed E-state index contributed by atoms with van der Waals surface area (Å²) in [5.74, 6) is 1.16. The van der Waals surface area contributed by atoms with Crippen LogP contribution >= 0.6 is 24.8 Å². The van der Waals surface area contributed by atoms with Crippen molar-refractivity contribution >= 4 is 30.7 Å². The Labute approximate surface area is 217 Å². The molecule has 2 aliphatic heterocycles. The average molecular weight is 532 g/mol. The van der Waals surface area contributed by atoms with Gasteiger partial charge in [0.25, 0.3) is 0 Å². The van der Waals surface area contributed by atoms with Gasteiger partial charge in [-0.3, -0.25) is 9.69 Å². The molecule has 2 bridgehead atoms. The van der Waals surface area contributed by atoms with Crippen molar-refractivity contribution in [3.8, 4) is 0 Å². The van der Waals surface area contributed by atoms with E-state index in [-0.39, 0.29) is 37.3 Å². The van der Waals surface area contributed by atoms with Crippen LogP contribution in [0.25, 0.3) is 0 Å². The molecule has 194 valence electrons. The maximum absolute atomic E-state index is 12.8. The third-order valence-electron chi connectivity index (χ3n) is 6.79. The second kappa shape index (κ2) is 13.5. The fraction of sp³-hybridized carbons (Fsp3) is 0.500. The van der Waals surface area contributed by atoms with E-state index in [0.29, 0.717) is 29.9 Å². The summed E-state index contributed by atoms with van der Waals surface area (Å²) in [5.41, 5.74) is 1.11. The van der Waals surface area contributed by atoms with Crippen molar-refractivity contribution in [2.45, 2.75) is 51.0 Å². The maximum atomic E-state index is 12.8. The highest BCUT2D eigenvalue weighted by Gasteiger charge is 2.36. The number of carbonyl (C=O) groups is 1. The molecule has 2 aliphatic rings. The predicted octanol–water partition coefficient (Wildman–Crippen LogP) is 5.45. The molecule has 35 heavy (non-hydrogen) atoms. The SMILES string of the molecule is Cl.Cl.O=C(CCC[C@H]1NCC2CC1CN(Cc1ccccc1)C2)NCc1cccc(C(F)(F)F)c1. The fourth-order valence-corrected chi connectivity index (χ4v) is 5.21. The molecule has 2 N–H and O–H groups in total. The molecule has 0 spiro atoms. The molecular formula is C26H34Cl2F3N3O. The first-order valence-electron chi connectivity index (χ1n) is 11.8. The Morgan fingerprint density at radius 1 is 1.03 bits per heavy atom. The van der Waals surface area contributed by atoms with Crippen molar-refractivity contribution in [2.24, 2.45) is 11.8 Å². The zero-order valence-corrected chi connectivity index (χ0v) is 21.2. The standard InChI is InChI=1S/C26H32F3N3O.2ClH/c27-26(28,29)23-9-4-8-20(13-23)14-31-25(33)11-5-10-24-22-12-21(15-30-24)17-32(18-22)16-19-6-2-1-3-7-19;;/h1-4,6-9,13,21-22,24,30H,5,10-12,14-18H2,(H,31,33);2*1H/t21?,22?,24-;;/m1../s1. The summed E-state index contributed by atoms with van der Waals surface area (Å²) >= 11 is 0. The molecule has 0 aromatic heterocycles. The normalized spacial score (nSPS) is 22.0. The molecule has 2 aromatic carbocycles. The Hall–Kier alpha value is -1.80. The number of amides is 1. The van der Waals surface area contributed by atoms with Gasteiger partial charge in [-0.25, -0.2) is 0 Å². The second-order valence-corrected chi connectivity index (χ2v) is 9.42. The molecular weight excluding hydrogens is 498 g/mol. The molecule has 4 rings (SSSR count). The fourth-order valence-electron chi connectivity index (χ4n) is 5.21. The van der Waals surface area contributed by atoms with Crippen LogP contribution in [-0.4, -0.2) is 36.5 Å². The number of carbonyl (C=O) groups excluding carboxylic acids is 1. The number of nitrogens with zero attached hydrogens (tertiary/aromatic N) is 1. The third kappa shape index (κ3) is 8.67. The number of piperidine rings is 2. The van der Waals surface area contributed by atoms with Gasteiger partial charge in [-0.15, -0.1) is 24.8 Å². The highest BCUT2D eigenvalue weighted by molar-refractivity contribution is 5.85. The molecule has 2 aromatic rings. The minimum Gasteiger partial charge on any atom is -0.352 e. The first kappa shape index (κ1) is 29.4. The van der Waals surface area contributed by atoms with Crippen LogP contribution in [0.4, 0.5) is 13.2 Å². The zero-order chi connectivity index (χ0) is 23.3. The Kier molecular flexibility index (Phi) is 11.3. The number of nitrogens with one attached hydrogen (secondary N) is 2. The molecule has 2 saturated heterocycles. The lowest BCUT2D eigenvalue weighted by Gasteiger charge is -2.46. The van der Waals surface area contributed by atoms with Crippen LogP contribution in [0, 0.1) is 11.8 Å². The van der Waals surface area contributed by atoms with Gasteiger partial charge < -0.3 is 10.6 Å². The van der Waals surface area contributed by atoms with Gasteiger partial charge in [-0.1, -0.05) is 42.5 Å². The predicted molar refractivity (Wildman–Crippen MR) is 137 cm³/mol. The summed E-state index contributed by atoms with van der Waals surface area (Å²) < 4.78 is 38.5. The Bertz CT molecular complexity index is 930. The number of rotatable bonds is 8. The largest absolute Gasteiger partial charge is 0.416 e. The van der Waals surface area contributed by atoms with Crippen LogP contribution in [0.2, 0.25) is 0 Å². The van der Waals surface area contributed by atoms with E-state index >= 15 is 0 Å². The lowest BCUT2D eigenvalue weighted by Crippen LogP contribution is -2.55. The summed E-state index contributed by atoms with van der Waals surface area (Å²) in [6, 6.07) is 16.1. The van der Waals surface area contributed by atoms with Gasteiger partial charge >= 0.3 is 6.18 Å². The van der Waals surface area contributed by atoms with Crippen molar-refractivity contribution in [1.29, 1.82) is 0 Å². The van der Waals surface area contributed by atoms with Crippen molar-refractivity contribution in [3.63, 3.8) is 0 Å². The summed E-state index contributed by atoms with van der Waals surface area (Å²) in [5, 5.41) is 6.45. The highest BCUT2D eigenvalue weighted by atomic mass is 35.5. The molecule has 1 amide bonds. The van der Waals surface area contributed by atoms with E-state index in [4.69, 9.17) is 0 Å². The molecule has 0 aliphatic carbocycles. The summed E-state index contributed by atoms with van der Waals surface area (Å²) in [6.45, 7) is 4.32. The lowest BCUT2D eigenvalue weighted by molar-refractivity contribution is -0.137. The van der Waals surface area contributed by atoms with E-state index in [1.807, 2.05) is 6.07 Å². The van der Waals surface area contributed by atoms with Gasteiger partial charge in [0.1, 0.15) is 0 Å². The van der Waals surface area contributed by atoms with Crippen molar-refractivity contribution < 1.29 is 18.0 Å². The molecule has 2 heterocycles. The highest BCUT2D eigenvalue weighted by Crippen LogP contribution is 2.31. The van der Waals surface area contributed by atoms with Crippen LogP contribution in [-0.2, 0) is 24.1 Å². The summed E-state index contributed by atoms with van der Waals surface area (Å²) in [7, 11) is 0. The van der Waals surface area contributed by atoms with Gasteiger partial charge in [-0.2, -0.15) is 13.2 Å². The number of fused-ring (bicyclic) bond motifs is 2. The second-order valence-electron chi connectivity index (χ2n) is 9.42. The first-order chi connectivity index (χ1) is 15.9. The molecule has 2 fully saturated rings. The van der Waals surface area contributed by atoms with Crippen molar-refractivity contribution in [2.75, 3.05) is 19.6 Å². The van der Waals surface area contributed by atoms with Crippen molar-refractivity contribution in [3.05, 3.63) is 71.3 Å². The van der Waals surface area contributed by atoms with Crippen molar-refractivity contribution in [1.82, 2.24) is 15.5 Å². The average Bonchev–Trinajstić information content (AvgIpc) is 2.79. The minimum absolute atomic E-state index is 0. The van der Waals surface area contributed by atoms with Gasteiger partial charge in [0.2, 0.25) is 5.91 Å². The molecule has 0 radical (unpaired) electrons. The van der Waals surface area contributed by atoms with Crippen LogP contribution < -0.4 is 10.6 Å². The monoisotopic (exact) mass is 531 g/mol. The Morgan fingerprint density at radius 2 is 1.77 bits per heavy atom. The number of likely N-dealkylation sites (tertiary alicyclic amines) is 1. The number of hydrogen-bond donors (Lipinski definition) is 2. The minimum atomic E-state index is -4.37. The van der Waals surface area contributed by atoms with Crippen LogP contribution in [0.5, 0.6) is 0 Å². The van der Waals surface area contributed by atoms with E-state index in [2.05, 4.69) is 39.8 Å². The zero-order valence-electron chi connectivity index (χ0n) is 19.6. The van der Waals surface area contributed by atoms with Crippen LogP contribution in [0.1, 0.15) is 42.4 Å². The number of alkyl halides is 3. The molecule has 2 unspecified atom stereocenters. The number of halogens is 5. The summed E-state index contributed by atoms with van der Waals surface area (Å²) in [6.07, 6.45) is -1.03. The Morgan fingerprint density at radius 3 is 2.51 bits per heavy atom. The third-order valence-corrected chi connectivity index (χ3v) is 6.79. The van der Waals surface area contributed by atoms with Gasteiger partial charge in [0.05, 0.1) is 5.56 Å². The van der Waals surface area contributed by atoms with E-state index in [1.165, 1.54) is 18.1 Å². The van der Waals surface area contributed by atoms with Crippen LogP contribution in [0.15, 0.2) is 54.6 Å². The first-order valence-corrected chi connectivity index (χ1v) is 11.8. The quantitative estimate of drug-likeness (QED) is 0.476. The van der Waals surface area contributed by atoms with E-state index in [0.717, 1.165) is 51.2 Å². The van der Waals surface area contributed by atoms with E-state index in [1.54, 1.807) is 6.07 Å². The Balaban J connectivity index is 0.00000216. The number of benzene rings is 2. The topological polar surface area (TPSA) is 44.4 Å². The smallest absolute Gasteiger partial charge is 0.352 e. The molecule has 9 heteroatoms. The van der Waals surface area contributed by atoms with Gasteiger partial charge in [0.15, 0.2) is 0 Å².